The van der Waals surface area contributed by atoms with E-state index in [1.165, 1.54) is 21.5 Å². The van der Waals surface area contributed by atoms with Crippen molar-refractivity contribution in [3.05, 3.63) is 187 Å². The van der Waals surface area contributed by atoms with Crippen molar-refractivity contribution < 1.29 is 0 Å². The van der Waals surface area contributed by atoms with E-state index in [4.69, 9.17) is 0 Å². The second-order valence-corrected chi connectivity index (χ2v) is 14.0. The first-order chi connectivity index (χ1) is 27.2. The van der Waals surface area contributed by atoms with Crippen molar-refractivity contribution in [2.75, 3.05) is 0 Å². The van der Waals surface area contributed by atoms with Crippen molar-refractivity contribution in [3.63, 3.8) is 0 Å². The van der Waals surface area contributed by atoms with Gasteiger partial charge in [0.1, 0.15) is 0 Å². The van der Waals surface area contributed by atoms with Crippen molar-refractivity contribution in [1.82, 2.24) is 13.7 Å². The Morgan fingerprint density at radius 3 is 1.58 bits per heavy atom. The van der Waals surface area contributed by atoms with Crippen LogP contribution >= 0.6 is 0 Å². The summed E-state index contributed by atoms with van der Waals surface area (Å²) in [7, 11) is 0. The van der Waals surface area contributed by atoms with E-state index in [2.05, 4.69) is 165 Å². The number of nitrogens with zero attached hydrogens (tertiary/aromatic N) is 5. The van der Waals surface area contributed by atoms with E-state index >= 15 is 0 Å². The molecule has 5 heteroatoms. The Kier molecular flexibility index (Phi) is 6.61. The lowest BCUT2D eigenvalue weighted by Gasteiger charge is -2.16. The lowest BCUT2D eigenvalue weighted by Crippen LogP contribution is -2.01. The third kappa shape index (κ3) is 4.39. The average Bonchev–Trinajstić information content (AvgIpc) is 3.89. The van der Waals surface area contributed by atoms with Crippen LogP contribution in [0.1, 0.15) is 11.1 Å². The van der Waals surface area contributed by atoms with E-state index in [9.17, 15) is 10.5 Å². The Morgan fingerprint density at radius 1 is 0.364 bits per heavy atom. The number of hydrogen-bond donors (Lipinski definition) is 0. The average molecular weight is 700 g/mol. The van der Waals surface area contributed by atoms with Crippen LogP contribution in [0.3, 0.4) is 0 Å². The standard InChI is InChI=1S/C50H29N5/c51-30-33-26-27-36(53-46-23-8-4-18-41(46)49-34(31-52)13-10-24-47(49)53)29-42(33)32-12-9-14-35(28-32)54-43-20-5-3-17-39(43)40-19-11-25-48(50(40)54)55-44-21-6-1-15-37(44)38-16-2-7-22-45(38)55/h1-29H. The van der Waals surface area contributed by atoms with Crippen LogP contribution in [0.4, 0.5) is 0 Å². The minimum atomic E-state index is 0.590. The fourth-order valence-electron chi connectivity index (χ4n) is 8.84. The fraction of sp³-hybridized carbons (Fsp3) is 0. The maximum absolute atomic E-state index is 10.5. The molecule has 0 fully saturated rings. The van der Waals surface area contributed by atoms with Crippen molar-refractivity contribution in [2.24, 2.45) is 0 Å². The van der Waals surface area contributed by atoms with Gasteiger partial charge in [-0.3, -0.25) is 0 Å². The number of benzene rings is 8. The molecule has 8 aromatic carbocycles. The van der Waals surface area contributed by atoms with Crippen molar-refractivity contribution in [2.45, 2.75) is 0 Å². The van der Waals surface area contributed by atoms with Gasteiger partial charge in [-0.1, -0.05) is 103 Å². The third-order valence-corrected chi connectivity index (χ3v) is 11.1. The molecule has 0 N–H and O–H groups in total. The molecule has 55 heavy (non-hydrogen) atoms. The molecule has 0 spiro atoms. The molecule has 11 rings (SSSR count). The first-order valence-corrected chi connectivity index (χ1v) is 18.3. The van der Waals surface area contributed by atoms with Gasteiger partial charge in [0.25, 0.3) is 0 Å². The molecule has 5 nitrogen and oxygen atoms in total. The summed E-state index contributed by atoms with van der Waals surface area (Å²) in [6.45, 7) is 0. The molecule has 11 aromatic rings. The third-order valence-electron chi connectivity index (χ3n) is 11.1. The van der Waals surface area contributed by atoms with Crippen LogP contribution in [0, 0.1) is 22.7 Å². The van der Waals surface area contributed by atoms with Gasteiger partial charge in [-0.2, -0.15) is 10.5 Å². The zero-order valence-electron chi connectivity index (χ0n) is 29.5. The maximum Gasteiger partial charge on any atom is 0.0998 e. The summed E-state index contributed by atoms with van der Waals surface area (Å²) in [6.07, 6.45) is 0. The monoisotopic (exact) mass is 699 g/mol. The summed E-state index contributed by atoms with van der Waals surface area (Å²) in [5.74, 6) is 0. The maximum atomic E-state index is 10.5. The predicted molar refractivity (Wildman–Crippen MR) is 224 cm³/mol. The van der Waals surface area contributed by atoms with Crippen LogP contribution in [0.25, 0.3) is 93.6 Å². The Labute approximate surface area is 316 Å². The lowest BCUT2D eigenvalue weighted by molar-refractivity contribution is 1.13. The highest BCUT2D eigenvalue weighted by Gasteiger charge is 2.21. The van der Waals surface area contributed by atoms with Crippen molar-refractivity contribution >= 4 is 65.4 Å². The Hall–Kier alpha value is -7.86. The van der Waals surface area contributed by atoms with Gasteiger partial charge < -0.3 is 13.7 Å². The van der Waals surface area contributed by atoms with Gasteiger partial charge in [-0.15, -0.1) is 0 Å². The minimum Gasteiger partial charge on any atom is -0.309 e. The molecule has 0 bridgehead atoms. The molecular weight excluding hydrogens is 671 g/mol. The molecule has 254 valence electrons. The number of aromatic nitrogens is 3. The summed E-state index contributed by atoms with van der Waals surface area (Å²) in [6, 6.07) is 65.9. The van der Waals surface area contributed by atoms with Crippen LogP contribution in [0.15, 0.2) is 176 Å². The number of rotatable bonds is 4. The van der Waals surface area contributed by atoms with Gasteiger partial charge in [0.05, 0.1) is 62.1 Å². The van der Waals surface area contributed by atoms with Crippen molar-refractivity contribution in [3.8, 4) is 40.3 Å². The SMILES string of the molecule is N#Cc1ccc(-n2c3ccccc3c3c(C#N)cccc32)cc1-c1cccc(-n2c3ccccc3c3cccc(-n4c5ccccc5c5ccccc54)c32)c1. The number of hydrogen-bond acceptors (Lipinski definition) is 2. The summed E-state index contributed by atoms with van der Waals surface area (Å²) in [4.78, 5) is 0. The summed E-state index contributed by atoms with van der Waals surface area (Å²) in [5, 5.41) is 27.2. The van der Waals surface area contributed by atoms with Crippen LogP contribution in [0.2, 0.25) is 0 Å². The number of fused-ring (bicyclic) bond motifs is 9. The second kappa shape index (κ2) is 11.8. The van der Waals surface area contributed by atoms with E-state index < -0.39 is 0 Å². The zero-order chi connectivity index (χ0) is 36.6. The second-order valence-electron chi connectivity index (χ2n) is 14.0. The molecule has 0 aliphatic heterocycles. The molecule has 0 saturated heterocycles. The van der Waals surface area contributed by atoms with Crippen molar-refractivity contribution in [1.29, 1.82) is 10.5 Å². The fourth-order valence-corrected chi connectivity index (χ4v) is 8.84. The van der Waals surface area contributed by atoms with E-state index in [1.807, 2.05) is 36.4 Å². The molecule has 0 amide bonds. The first kappa shape index (κ1) is 30.7. The van der Waals surface area contributed by atoms with E-state index in [-0.39, 0.29) is 0 Å². The number of para-hydroxylation sites is 5. The van der Waals surface area contributed by atoms with E-state index in [1.54, 1.807) is 0 Å². The summed E-state index contributed by atoms with van der Waals surface area (Å²) < 4.78 is 6.97. The van der Waals surface area contributed by atoms with Gasteiger partial charge in [-0.25, -0.2) is 0 Å². The van der Waals surface area contributed by atoms with Gasteiger partial charge in [0, 0.05) is 49.3 Å². The molecule has 0 aliphatic rings. The quantitative estimate of drug-likeness (QED) is 0.184. The van der Waals surface area contributed by atoms with E-state index in [0.717, 1.165) is 72.1 Å². The molecular formula is C50H29N5. The topological polar surface area (TPSA) is 62.4 Å². The molecule has 0 aliphatic carbocycles. The lowest BCUT2D eigenvalue weighted by atomic mass is 9.99. The van der Waals surface area contributed by atoms with Gasteiger partial charge in [0.15, 0.2) is 0 Å². The Bertz CT molecular complexity index is 3420. The van der Waals surface area contributed by atoms with Gasteiger partial charge >= 0.3 is 0 Å². The molecule has 0 radical (unpaired) electrons. The van der Waals surface area contributed by atoms with Crippen LogP contribution in [0.5, 0.6) is 0 Å². The largest absolute Gasteiger partial charge is 0.309 e. The van der Waals surface area contributed by atoms with E-state index in [0.29, 0.717) is 11.1 Å². The normalized spacial score (nSPS) is 11.6. The minimum absolute atomic E-state index is 0.590. The molecule has 0 unspecified atom stereocenters. The highest BCUT2D eigenvalue weighted by atomic mass is 15.1. The van der Waals surface area contributed by atoms with Crippen LogP contribution in [-0.4, -0.2) is 13.7 Å². The first-order valence-electron chi connectivity index (χ1n) is 18.3. The van der Waals surface area contributed by atoms with Crippen LogP contribution < -0.4 is 0 Å². The predicted octanol–water partition coefficient (Wildman–Crippen LogP) is 12.4. The highest BCUT2D eigenvalue weighted by Crippen LogP contribution is 2.41. The zero-order valence-corrected chi connectivity index (χ0v) is 29.5. The smallest absolute Gasteiger partial charge is 0.0998 e. The molecule has 0 saturated carbocycles. The molecule has 3 aromatic heterocycles. The summed E-state index contributed by atoms with van der Waals surface area (Å²) >= 11 is 0. The molecule has 3 heterocycles. The van der Waals surface area contributed by atoms with Gasteiger partial charge in [0.2, 0.25) is 0 Å². The molecule has 0 atom stereocenters. The summed E-state index contributed by atoms with van der Waals surface area (Å²) in [5.41, 5.74) is 12.5. The highest BCUT2D eigenvalue weighted by molar-refractivity contribution is 6.15. The Morgan fingerprint density at radius 2 is 0.891 bits per heavy atom. The van der Waals surface area contributed by atoms with Gasteiger partial charge in [-0.05, 0) is 78.4 Å². The van der Waals surface area contributed by atoms with Crippen LogP contribution in [-0.2, 0) is 0 Å². The Balaban J connectivity index is 1.17. The number of nitriles is 2.